The van der Waals surface area contributed by atoms with Gasteiger partial charge in [-0.3, -0.25) is 29.0 Å². The van der Waals surface area contributed by atoms with Crippen molar-refractivity contribution in [1.29, 1.82) is 0 Å². The van der Waals surface area contributed by atoms with E-state index in [9.17, 15) is 33.8 Å². The molecule has 2 saturated heterocycles. The molecule has 0 aliphatic carbocycles. The highest BCUT2D eigenvalue weighted by molar-refractivity contribution is 6.35. The van der Waals surface area contributed by atoms with E-state index in [-0.39, 0.29) is 24.3 Å². The third-order valence-electron chi connectivity index (χ3n) is 11.6. The maximum absolute atomic E-state index is 13.8. The smallest absolute Gasteiger partial charge is 0.256 e. The van der Waals surface area contributed by atoms with Crippen molar-refractivity contribution in [2.75, 3.05) is 97.2 Å². The maximum atomic E-state index is 13.8. The van der Waals surface area contributed by atoms with E-state index in [4.69, 9.17) is 9.47 Å². The standard InChI is InChI=1S/C25H29FN4O4.C17H25N3O4/c1-15-22(12-19-18-11-16(26)4-5-20(18)28-24(19)32)27-21-3-2-6-30(25(33)23(15)21)14-17(31)13-29-7-9-34-10-8-29;1-12-15(11-21)18-14-3-2-4-20(17(23)16(12)14)10-13(22)9-19-5-7-24-8-6-19/h4-5,11-12,17,27,31H,2-3,6-10,13-14H2,1H3,(H,28,32);11,13,18,22H,2-10H2,1H3/t17-;/m1./s1. The Morgan fingerprint density at radius 2 is 1.24 bits per heavy atom. The normalized spacial score (nSPS) is 20.7. The highest BCUT2D eigenvalue weighted by Crippen LogP contribution is 2.35. The molecule has 2 atom stereocenters. The zero-order valence-corrected chi connectivity index (χ0v) is 33.3. The number of aldehydes is 1. The molecule has 8 rings (SSSR count). The number of rotatable bonds is 10. The number of fused-ring (bicyclic) bond motifs is 3. The quantitative estimate of drug-likeness (QED) is 0.151. The number of aliphatic hydroxyl groups is 2. The monoisotopic (exact) mass is 803 g/mol. The van der Waals surface area contributed by atoms with Crippen molar-refractivity contribution < 1.29 is 43.3 Å². The number of ether oxygens (including phenoxy) is 2. The van der Waals surface area contributed by atoms with Gasteiger partial charge in [-0.25, -0.2) is 4.39 Å². The third-order valence-corrected chi connectivity index (χ3v) is 11.6. The number of H-pyrrole nitrogens is 2. The lowest BCUT2D eigenvalue weighted by Crippen LogP contribution is -2.46. The Morgan fingerprint density at radius 1 is 0.741 bits per heavy atom. The van der Waals surface area contributed by atoms with Gasteiger partial charge in [-0.15, -0.1) is 0 Å². The first-order valence-electron chi connectivity index (χ1n) is 20.3. The number of halogens is 1. The van der Waals surface area contributed by atoms with E-state index < -0.39 is 18.0 Å². The fourth-order valence-corrected chi connectivity index (χ4v) is 8.57. The number of morpholine rings is 2. The summed E-state index contributed by atoms with van der Waals surface area (Å²) in [5.41, 5.74) is 6.91. The number of β-amino-alcohol motifs (C(OH)–C–C–N with tert-alkyl or cyclic N) is 2. The van der Waals surface area contributed by atoms with Crippen molar-refractivity contribution in [2.24, 2.45) is 0 Å². The second-order valence-electron chi connectivity index (χ2n) is 15.7. The molecular weight excluding hydrogens is 750 g/mol. The van der Waals surface area contributed by atoms with Crippen LogP contribution in [0.5, 0.6) is 0 Å². The first kappa shape index (κ1) is 41.4. The van der Waals surface area contributed by atoms with Crippen LogP contribution < -0.4 is 5.32 Å². The van der Waals surface area contributed by atoms with E-state index in [1.165, 1.54) is 12.1 Å². The van der Waals surface area contributed by atoms with Gasteiger partial charge in [-0.2, -0.15) is 0 Å². The van der Waals surface area contributed by atoms with Crippen LogP contribution in [0.4, 0.5) is 10.1 Å². The molecule has 0 spiro atoms. The summed E-state index contributed by atoms with van der Waals surface area (Å²) in [5, 5.41) is 23.8. The van der Waals surface area contributed by atoms with Crippen LogP contribution in [0.1, 0.15) is 77.8 Å². The van der Waals surface area contributed by atoms with Crippen LogP contribution in [0.3, 0.4) is 0 Å². The molecule has 5 N–H and O–H groups in total. The SMILES string of the molecule is Cc1c(C=C2C(=O)Nc3ccc(F)cc32)[nH]c2c1C(=O)N(C[C@H](O)CN1CCOCC1)CCC2.Cc1c(C=O)[nH]c2c1C(=O)N(CC(O)CN1CCOCC1)CCC2. The lowest BCUT2D eigenvalue weighted by molar-refractivity contribution is -0.110. The minimum absolute atomic E-state index is 0.0922. The zero-order chi connectivity index (χ0) is 40.9. The minimum Gasteiger partial charge on any atom is -0.390 e. The summed E-state index contributed by atoms with van der Waals surface area (Å²) in [6.45, 7) is 12.4. The van der Waals surface area contributed by atoms with Gasteiger partial charge < -0.3 is 44.8 Å². The maximum Gasteiger partial charge on any atom is 0.256 e. The number of aliphatic hydroxyl groups excluding tert-OH is 2. The molecular formula is C42H54FN7O8. The van der Waals surface area contributed by atoms with Crippen LogP contribution >= 0.6 is 0 Å². The molecule has 0 radical (unpaired) electrons. The van der Waals surface area contributed by atoms with Gasteiger partial charge in [0.1, 0.15) is 5.82 Å². The summed E-state index contributed by atoms with van der Waals surface area (Å²) in [4.78, 5) is 64.1. The molecule has 16 heteroatoms. The average Bonchev–Trinajstić information content (AvgIpc) is 3.73. The first-order valence-corrected chi connectivity index (χ1v) is 20.3. The predicted molar refractivity (Wildman–Crippen MR) is 214 cm³/mol. The van der Waals surface area contributed by atoms with Gasteiger partial charge in [0, 0.05) is 93.8 Å². The van der Waals surface area contributed by atoms with Crippen LogP contribution in [0.25, 0.3) is 11.6 Å². The van der Waals surface area contributed by atoms with E-state index >= 15 is 0 Å². The van der Waals surface area contributed by atoms with Gasteiger partial charge in [-0.05, 0) is 74.9 Å². The number of hydrogen-bond donors (Lipinski definition) is 5. The van der Waals surface area contributed by atoms with E-state index in [0.717, 1.165) is 68.7 Å². The molecule has 5 aliphatic heterocycles. The Hall–Kier alpha value is -4.71. The van der Waals surface area contributed by atoms with E-state index in [2.05, 4.69) is 25.1 Å². The fourth-order valence-electron chi connectivity index (χ4n) is 8.57. The third kappa shape index (κ3) is 9.27. The number of nitrogens with zero attached hydrogens (tertiary/aromatic N) is 4. The number of amides is 3. The van der Waals surface area contributed by atoms with Crippen molar-refractivity contribution in [1.82, 2.24) is 29.6 Å². The molecule has 15 nitrogen and oxygen atoms in total. The van der Waals surface area contributed by atoms with Crippen LogP contribution in [-0.2, 0) is 27.1 Å². The molecule has 7 heterocycles. The van der Waals surface area contributed by atoms with Gasteiger partial charge in [0.2, 0.25) is 0 Å². The van der Waals surface area contributed by atoms with Crippen molar-refractivity contribution in [3.8, 4) is 0 Å². The van der Waals surface area contributed by atoms with Crippen LogP contribution in [-0.4, -0.2) is 168 Å². The van der Waals surface area contributed by atoms with E-state index in [1.54, 1.807) is 28.9 Å². The number of nitrogens with one attached hydrogen (secondary N) is 3. The molecule has 312 valence electrons. The molecule has 58 heavy (non-hydrogen) atoms. The molecule has 2 aromatic heterocycles. The minimum atomic E-state index is -0.641. The summed E-state index contributed by atoms with van der Waals surface area (Å²) in [6, 6.07) is 4.19. The van der Waals surface area contributed by atoms with Crippen molar-refractivity contribution in [2.45, 2.75) is 51.7 Å². The number of benzene rings is 1. The summed E-state index contributed by atoms with van der Waals surface area (Å²) in [5.74, 6) is -0.926. The average molecular weight is 804 g/mol. The van der Waals surface area contributed by atoms with Crippen LogP contribution in [0, 0.1) is 19.7 Å². The second kappa shape index (κ2) is 18.5. The van der Waals surface area contributed by atoms with Crippen LogP contribution in [0.2, 0.25) is 0 Å². The van der Waals surface area contributed by atoms with Gasteiger partial charge in [-0.1, -0.05) is 0 Å². The Morgan fingerprint density at radius 3 is 1.76 bits per heavy atom. The first-order chi connectivity index (χ1) is 28.0. The Bertz CT molecular complexity index is 2030. The van der Waals surface area contributed by atoms with Gasteiger partial charge in [0.25, 0.3) is 17.7 Å². The molecule has 5 aliphatic rings. The number of hydrogen-bond acceptors (Lipinski definition) is 10. The Balaban J connectivity index is 0.000000188. The van der Waals surface area contributed by atoms with Gasteiger partial charge >= 0.3 is 0 Å². The van der Waals surface area contributed by atoms with Crippen molar-refractivity contribution >= 4 is 41.3 Å². The molecule has 0 bridgehead atoms. The molecule has 0 saturated carbocycles. The number of aryl methyl sites for hydroxylation is 2. The van der Waals surface area contributed by atoms with Gasteiger partial charge in [0.15, 0.2) is 6.29 Å². The molecule has 2 fully saturated rings. The van der Waals surface area contributed by atoms with Gasteiger partial charge in [0.05, 0.1) is 61.0 Å². The number of carbonyl (C=O) groups excluding carboxylic acids is 4. The number of aromatic amines is 2. The highest BCUT2D eigenvalue weighted by Gasteiger charge is 2.32. The van der Waals surface area contributed by atoms with Crippen molar-refractivity contribution in [3.63, 3.8) is 0 Å². The van der Waals surface area contributed by atoms with Crippen LogP contribution in [0.15, 0.2) is 18.2 Å². The largest absolute Gasteiger partial charge is 0.390 e. The second-order valence-corrected chi connectivity index (χ2v) is 15.7. The number of aromatic nitrogens is 2. The summed E-state index contributed by atoms with van der Waals surface area (Å²) < 4.78 is 24.5. The lowest BCUT2D eigenvalue weighted by atomic mass is 10.0. The van der Waals surface area contributed by atoms with E-state index in [0.29, 0.717) is 110 Å². The highest BCUT2D eigenvalue weighted by atomic mass is 19.1. The fraction of sp³-hybridized carbons (Fsp3) is 0.524. The van der Waals surface area contributed by atoms with Crippen molar-refractivity contribution in [3.05, 3.63) is 74.6 Å². The molecule has 1 aromatic carbocycles. The number of anilines is 1. The summed E-state index contributed by atoms with van der Waals surface area (Å²) in [7, 11) is 0. The Labute approximate surface area is 337 Å². The summed E-state index contributed by atoms with van der Waals surface area (Å²) in [6.07, 6.45) is 4.25. The topological polar surface area (TPSA) is 184 Å². The molecule has 3 aromatic rings. The molecule has 3 amide bonds. The zero-order valence-electron chi connectivity index (χ0n) is 33.3. The van der Waals surface area contributed by atoms with E-state index in [1.807, 2.05) is 6.92 Å². The predicted octanol–water partition coefficient (Wildman–Crippen LogP) is 2.25. The lowest BCUT2D eigenvalue weighted by Gasteiger charge is -2.31. The molecule has 1 unspecified atom stereocenters. The number of carbonyl (C=O) groups is 4. The summed E-state index contributed by atoms with van der Waals surface area (Å²) >= 11 is 0. The Kier molecular flexibility index (Phi) is 13.2.